The van der Waals surface area contributed by atoms with Gasteiger partial charge >= 0.3 is 0 Å². The molecule has 2 aromatic heterocycles. The Balaban J connectivity index is 1.93. The van der Waals surface area contributed by atoms with Crippen LogP contribution < -0.4 is 5.32 Å². The molecule has 0 amide bonds. The molecular weight excluding hydrogens is 304 g/mol. The first-order valence-corrected chi connectivity index (χ1v) is 8.28. The molecule has 0 aromatic carbocycles. The standard InChI is InChI=1S/C15H17ClN4S/c1-3-17-13-9(2)15(20-14(19-13)10-4-5-10)21-12-7-6-11(16)8-18-12/h6-8,10H,3-5H2,1-2H3,(H,17,19,20). The zero-order valence-corrected chi connectivity index (χ0v) is 13.6. The summed E-state index contributed by atoms with van der Waals surface area (Å²) < 4.78 is 0. The topological polar surface area (TPSA) is 50.7 Å². The molecule has 0 saturated heterocycles. The van der Waals surface area contributed by atoms with Gasteiger partial charge in [0.2, 0.25) is 0 Å². The Morgan fingerprint density at radius 1 is 1.33 bits per heavy atom. The summed E-state index contributed by atoms with van der Waals surface area (Å²) in [6.07, 6.45) is 4.04. The highest BCUT2D eigenvalue weighted by atomic mass is 35.5. The van der Waals surface area contributed by atoms with E-state index in [1.807, 2.05) is 19.1 Å². The van der Waals surface area contributed by atoms with Gasteiger partial charge in [0.05, 0.1) is 5.02 Å². The molecule has 0 bridgehead atoms. The van der Waals surface area contributed by atoms with Crippen molar-refractivity contribution in [1.82, 2.24) is 15.0 Å². The first-order chi connectivity index (χ1) is 10.2. The number of nitrogens with one attached hydrogen (secondary N) is 1. The van der Waals surface area contributed by atoms with Gasteiger partial charge in [-0.15, -0.1) is 0 Å². The number of halogens is 1. The SMILES string of the molecule is CCNc1nc(C2CC2)nc(Sc2ccc(Cl)cn2)c1C. The fourth-order valence-electron chi connectivity index (χ4n) is 2.00. The van der Waals surface area contributed by atoms with Crippen LogP contribution in [0.3, 0.4) is 0 Å². The monoisotopic (exact) mass is 320 g/mol. The molecule has 0 unspecified atom stereocenters. The summed E-state index contributed by atoms with van der Waals surface area (Å²) in [6.45, 7) is 4.98. The molecule has 2 heterocycles. The van der Waals surface area contributed by atoms with Gasteiger partial charge in [-0.25, -0.2) is 15.0 Å². The summed E-state index contributed by atoms with van der Waals surface area (Å²) in [5.74, 6) is 2.42. The molecule has 1 fully saturated rings. The number of nitrogens with zero attached hydrogens (tertiary/aromatic N) is 3. The molecule has 2 aromatic rings. The van der Waals surface area contributed by atoms with E-state index in [1.54, 1.807) is 18.0 Å². The van der Waals surface area contributed by atoms with Crippen molar-refractivity contribution in [2.45, 2.75) is 42.7 Å². The van der Waals surface area contributed by atoms with Gasteiger partial charge in [0.1, 0.15) is 21.7 Å². The fourth-order valence-corrected chi connectivity index (χ4v) is 2.94. The van der Waals surface area contributed by atoms with Crippen LogP contribution in [0, 0.1) is 6.92 Å². The molecule has 6 heteroatoms. The molecule has 0 radical (unpaired) electrons. The van der Waals surface area contributed by atoms with Crippen molar-refractivity contribution in [3.63, 3.8) is 0 Å². The van der Waals surface area contributed by atoms with Gasteiger partial charge in [0.25, 0.3) is 0 Å². The third-order valence-corrected chi connectivity index (χ3v) is 4.57. The first kappa shape index (κ1) is 14.6. The molecule has 1 saturated carbocycles. The van der Waals surface area contributed by atoms with Gasteiger partial charge in [-0.3, -0.25) is 0 Å². The number of rotatable bonds is 5. The van der Waals surface area contributed by atoms with Crippen LogP contribution in [0.5, 0.6) is 0 Å². The molecule has 0 atom stereocenters. The number of hydrogen-bond acceptors (Lipinski definition) is 5. The Morgan fingerprint density at radius 3 is 2.76 bits per heavy atom. The number of hydrogen-bond donors (Lipinski definition) is 1. The minimum absolute atomic E-state index is 0.528. The zero-order chi connectivity index (χ0) is 14.8. The van der Waals surface area contributed by atoms with Gasteiger partial charge in [0, 0.05) is 24.2 Å². The zero-order valence-electron chi connectivity index (χ0n) is 12.1. The lowest BCUT2D eigenvalue weighted by atomic mass is 10.3. The van der Waals surface area contributed by atoms with E-state index in [-0.39, 0.29) is 0 Å². The second kappa shape index (κ2) is 6.20. The lowest BCUT2D eigenvalue weighted by Crippen LogP contribution is -2.07. The predicted molar refractivity (Wildman–Crippen MR) is 86.3 cm³/mol. The van der Waals surface area contributed by atoms with Crippen LogP contribution in [0.2, 0.25) is 5.02 Å². The smallest absolute Gasteiger partial charge is 0.135 e. The maximum absolute atomic E-state index is 5.88. The normalized spacial score (nSPS) is 14.2. The molecule has 0 spiro atoms. The van der Waals surface area contributed by atoms with Crippen molar-refractivity contribution < 1.29 is 0 Å². The van der Waals surface area contributed by atoms with Gasteiger partial charge < -0.3 is 5.32 Å². The molecular formula is C15H17ClN4S. The van der Waals surface area contributed by atoms with Gasteiger partial charge in [-0.2, -0.15) is 0 Å². The third-order valence-electron chi connectivity index (χ3n) is 3.31. The van der Waals surface area contributed by atoms with Gasteiger partial charge in [-0.1, -0.05) is 11.6 Å². The van der Waals surface area contributed by atoms with E-state index >= 15 is 0 Å². The van der Waals surface area contributed by atoms with Crippen molar-refractivity contribution in [3.05, 3.63) is 34.7 Å². The average Bonchev–Trinajstić information content (AvgIpc) is 3.30. The molecule has 21 heavy (non-hydrogen) atoms. The van der Waals surface area contributed by atoms with E-state index in [2.05, 4.69) is 22.2 Å². The molecule has 0 aliphatic heterocycles. The maximum atomic E-state index is 5.88. The highest BCUT2D eigenvalue weighted by Crippen LogP contribution is 2.40. The second-order valence-electron chi connectivity index (χ2n) is 5.08. The van der Waals surface area contributed by atoms with Crippen molar-refractivity contribution >= 4 is 29.2 Å². The van der Waals surface area contributed by atoms with E-state index in [9.17, 15) is 0 Å². The Kier molecular flexibility index (Phi) is 4.31. The van der Waals surface area contributed by atoms with Crippen molar-refractivity contribution in [2.75, 3.05) is 11.9 Å². The Labute approximate surface area is 133 Å². The number of aromatic nitrogens is 3. The molecule has 1 aliphatic carbocycles. The minimum Gasteiger partial charge on any atom is -0.370 e. The number of pyridine rings is 1. The summed E-state index contributed by atoms with van der Waals surface area (Å²) in [4.78, 5) is 13.7. The molecule has 1 N–H and O–H groups in total. The van der Waals surface area contributed by atoms with Crippen LogP contribution in [0.25, 0.3) is 0 Å². The van der Waals surface area contributed by atoms with E-state index in [1.165, 1.54) is 12.8 Å². The van der Waals surface area contributed by atoms with E-state index in [0.717, 1.165) is 33.8 Å². The summed E-state index contributed by atoms with van der Waals surface area (Å²) in [5.41, 5.74) is 1.07. The quantitative estimate of drug-likeness (QED) is 0.833. The van der Waals surface area contributed by atoms with Crippen LogP contribution in [-0.2, 0) is 0 Å². The van der Waals surface area contributed by atoms with Crippen molar-refractivity contribution in [1.29, 1.82) is 0 Å². The maximum Gasteiger partial charge on any atom is 0.135 e. The van der Waals surface area contributed by atoms with Crippen LogP contribution in [0.15, 0.2) is 28.4 Å². The van der Waals surface area contributed by atoms with Gasteiger partial charge in [-0.05, 0) is 50.6 Å². The number of anilines is 1. The van der Waals surface area contributed by atoms with Crippen LogP contribution in [0.4, 0.5) is 5.82 Å². The average molecular weight is 321 g/mol. The van der Waals surface area contributed by atoms with E-state index < -0.39 is 0 Å². The first-order valence-electron chi connectivity index (χ1n) is 7.09. The Hall–Kier alpha value is -1.33. The molecule has 4 nitrogen and oxygen atoms in total. The summed E-state index contributed by atoms with van der Waals surface area (Å²) in [5, 5.41) is 5.84. The summed E-state index contributed by atoms with van der Waals surface area (Å²) in [7, 11) is 0. The highest BCUT2D eigenvalue weighted by Gasteiger charge is 2.28. The van der Waals surface area contributed by atoms with Crippen LogP contribution >= 0.6 is 23.4 Å². The van der Waals surface area contributed by atoms with Crippen molar-refractivity contribution in [3.8, 4) is 0 Å². The van der Waals surface area contributed by atoms with Crippen LogP contribution in [0.1, 0.15) is 37.1 Å². The third kappa shape index (κ3) is 3.47. The molecule has 3 rings (SSSR count). The fraction of sp³-hybridized carbons (Fsp3) is 0.400. The van der Waals surface area contributed by atoms with Crippen molar-refractivity contribution in [2.24, 2.45) is 0 Å². The summed E-state index contributed by atoms with van der Waals surface area (Å²) in [6, 6.07) is 3.76. The summed E-state index contributed by atoms with van der Waals surface area (Å²) >= 11 is 7.44. The largest absolute Gasteiger partial charge is 0.370 e. The molecule has 110 valence electrons. The van der Waals surface area contributed by atoms with Gasteiger partial charge in [0.15, 0.2) is 0 Å². The predicted octanol–water partition coefficient (Wildman–Crippen LogP) is 4.29. The van der Waals surface area contributed by atoms with Crippen LogP contribution in [-0.4, -0.2) is 21.5 Å². The highest BCUT2D eigenvalue weighted by molar-refractivity contribution is 7.99. The molecule has 1 aliphatic rings. The van der Waals surface area contributed by atoms with E-state index in [4.69, 9.17) is 16.6 Å². The lowest BCUT2D eigenvalue weighted by molar-refractivity contribution is 0.859. The second-order valence-corrected chi connectivity index (χ2v) is 6.53. The minimum atomic E-state index is 0.528. The van der Waals surface area contributed by atoms with E-state index in [0.29, 0.717) is 10.9 Å². The Morgan fingerprint density at radius 2 is 2.14 bits per heavy atom. The lowest BCUT2D eigenvalue weighted by Gasteiger charge is -2.12. The Bertz CT molecular complexity index is 641.